The Morgan fingerprint density at radius 3 is 2.55 bits per heavy atom. The highest BCUT2D eigenvalue weighted by molar-refractivity contribution is 6.01. The van der Waals surface area contributed by atoms with Gasteiger partial charge in [-0.3, -0.25) is 14.7 Å². The number of amides is 3. The van der Waals surface area contributed by atoms with Crippen molar-refractivity contribution in [2.75, 3.05) is 58.9 Å². The fraction of sp³-hybridized carbons (Fsp3) is 0.526. The average Bonchev–Trinajstić information content (AvgIpc) is 3.34. The molecule has 1 unspecified atom stereocenters. The molecule has 0 saturated carbocycles. The van der Waals surface area contributed by atoms with E-state index in [1.54, 1.807) is 21.3 Å². The molecule has 3 N–H and O–H groups in total. The number of carbonyl (C=O) groups is 2. The van der Waals surface area contributed by atoms with Gasteiger partial charge in [0.2, 0.25) is 5.91 Å². The fourth-order valence-corrected chi connectivity index (χ4v) is 3.44. The number of urea groups is 1. The molecule has 2 fully saturated rings. The van der Waals surface area contributed by atoms with Gasteiger partial charge in [-0.25, -0.2) is 4.79 Å². The number of anilines is 1. The predicted molar refractivity (Wildman–Crippen MR) is 110 cm³/mol. The Hall–Kier alpha value is -3.17. The third-order valence-corrected chi connectivity index (χ3v) is 5.02. The number of benzene rings is 1. The average molecular weight is 404 g/mol. The molecule has 0 radical (unpaired) electrons. The number of methoxy groups -OCH3 is 2. The molecule has 0 aliphatic carbocycles. The van der Waals surface area contributed by atoms with E-state index < -0.39 is 0 Å². The van der Waals surface area contributed by atoms with Crippen molar-refractivity contribution >= 4 is 23.6 Å². The largest absolute Gasteiger partial charge is 0.497 e. The minimum Gasteiger partial charge on any atom is -0.497 e. The number of aliphatic imine (C=N–C) groups is 1. The van der Waals surface area contributed by atoms with Gasteiger partial charge in [0.25, 0.3) is 0 Å². The maximum Gasteiger partial charge on any atom is 0.324 e. The van der Waals surface area contributed by atoms with E-state index in [1.165, 1.54) is 4.90 Å². The zero-order chi connectivity index (χ0) is 20.8. The topological polar surface area (TPSA) is 108 Å². The lowest BCUT2D eigenvalue weighted by atomic mass is 10.2. The van der Waals surface area contributed by atoms with Crippen LogP contribution < -0.4 is 30.3 Å². The second-order valence-corrected chi connectivity index (χ2v) is 6.85. The molecule has 3 rings (SSSR count). The molecule has 0 spiro atoms. The first-order valence-electron chi connectivity index (χ1n) is 9.57. The number of hydrogen-bond donors (Lipinski definition) is 3. The Morgan fingerprint density at radius 1 is 1.24 bits per heavy atom. The molecule has 1 atom stereocenters. The molecule has 10 heteroatoms. The summed E-state index contributed by atoms with van der Waals surface area (Å²) in [4.78, 5) is 30.9. The van der Waals surface area contributed by atoms with Crippen LogP contribution in [0, 0.1) is 0 Å². The summed E-state index contributed by atoms with van der Waals surface area (Å²) in [6, 6.07) is 5.72. The van der Waals surface area contributed by atoms with E-state index in [9.17, 15) is 9.59 Å². The standard InChI is InChI=1S/C19H28N6O4/c1-20-18(21-5-7-25-17(26)11-22-19(25)27)23-13-4-6-24(12-13)14-8-15(28-2)10-16(9-14)29-3/h8-10,13H,4-7,11-12H2,1-3H3,(H,22,27)(H2,20,21,23). The molecule has 10 nitrogen and oxygen atoms in total. The van der Waals surface area contributed by atoms with Crippen molar-refractivity contribution in [1.82, 2.24) is 20.9 Å². The van der Waals surface area contributed by atoms with Gasteiger partial charge in [0.15, 0.2) is 5.96 Å². The number of ether oxygens (including phenoxy) is 2. The van der Waals surface area contributed by atoms with Crippen LogP contribution in [0.4, 0.5) is 10.5 Å². The Morgan fingerprint density at radius 2 is 1.97 bits per heavy atom. The zero-order valence-electron chi connectivity index (χ0n) is 17.0. The van der Waals surface area contributed by atoms with E-state index in [2.05, 4.69) is 25.8 Å². The van der Waals surface area contributed by atoms with Crippen LogP contribution in [-0.2, 0) is 4.79 Å². The molecule has 2 saturated heterocycles. The number of carbonyl (C=O) groups excluding carboxylic acids is 2. The van der Waals surface area contributed by atoms with Crippen LogP contribution in [0.5, 0.6) is 11.5 Å². The van der Waals surface area contributed by atoms with Crippen molar-refractivity contribution in [2.24, 2.45) is 4.99 Å². The molecular formula is C19H28N6O4. The van der Waals surface area contributed by atoms with Gasteiger partial charge < -0.3 is 30.3 Å². The number of nitrogens with one attached hydrogen (secondary N) is 3. The molecule has 2 aliphatic heterocycles. The van der Waals surface area contributed by atoms with Crippen molar-refractivity contribution in [3.63, 3.8) is 0 Å². The number of imide groups is 1. The second kappa shape index (κ2) is 9.35. The van der Waals surface area contributed by atoms with Gasteiger partial charge in [-0.15, -0.1) is 0 Å². The summed E-state index contributed by atoms with van der Waals surface area (Å²) in [6.07, 6.45) is 0.952. The lowest BCUT2D eigenvalue weighted by Crippen LogP contribution is -2.47. The number of nitrogens with zero attached hydrogens (tertiary/aromatic N) is 3. The maximum absolute atomic E-state index is 11.6. The first-order chi connectivity index (χ1) is 14.0. The molecule has 158 valence electrons. The number of guanidine groups is 1. The summed E-state index contributed by atoms with van der Waals surface area (Å²) in [7, 11) is 4.98. The number of hydrogen-bond acceptors (Lipinski definition) is 6. The van der Waals surface area contributed by atoms with Crippen molar-refractivity contribution < 1.29 is 19.1 Å². The van der Waals surface area contributed by atoms with Gasteiger partial charge in [-0.1, -0.05) is 0 Å². The smallest absolute Gasteiger partial charge is 0.324 e. The summed E-state index contributed by atoms with van der Waals surface area (Å²) >= 11 is 0. The highest BCUT2D eigenvalue weighted by atomic mass is 16.5. The van der Waals surface area contributed by atoms with Gasteiger partial charge in [0.1, 0.15) is 11.5 Å². The predicted octanol–water partition coefficient (Wildman–Crippen LogP) is -0.000700. The van der Waals surface area contributed by atoms with Crippen LogP contribution in [0.15, 0.2) is 23.2 Å². The van der Waals surface area contributed by atoms with Gasteiger partial charge in [-0.2, -0.15) is 0 Å². The van der Waals surface area contributed by atoms with Gasteiger partial charge in [-0.05, 0) is 6.42 Å². The van der Waals surface area contributed by atoms with Crippen LogP contribution in [-0.4, -0.2) is 82.8 Å². The van der Waals surface area contributed by atoms with Crippen molar-refractivity contribution in [1.29, 1.82) is 0 Å². The fourth-order valence-electron chi connectivity index (χ4n) is 3.44. The molecule has 3 amide bonds. The molecular weight excluding hydrogens is 376 g/mol. The molecule has 1 aromatic carbocycles. The Bertz CT molecular complexity index is 746. The number of rotatable bonds is 7. The molecule has 2 aliphatic rings. The van der Waals surface area contributed by atoms with Crippen molar-refractivity contribution in [3.05, 3.63) is 18.2 Å². The highest BCUT2D eigenvalue weighted by Gasteiger charge is 2.28. The van der Waals surface area contributed by atoms with Crippen LogP contribution in [0.25, 0.3) is 0 Å². The summed E-state index contributed by atoms with van der Waals surface area (Å²) < 4.78 is 10.7. The Balaban J connectivity index is 1.50. The van der Waals surface area contributed by atoms with E-state index in [0.29, 0.717) is 19.0 Å². The lowest BCUT2D eigenvalue weighted by Gasteiger charge is -2.22. The van der Waals surface area contributed by atoms with Gasteiger partial charge in [0.05, 0.1) is 20.8 Å². The van der Waals surface area contributed by atoms with Gasteiger partial charge in [0, 0.05) is 63.2 Å². The minimum atomic E-state index is -0.347. The zero-order valence-corrected chi connectivity index (χ0v) is 17.0. The van der Waals surface area contributed by atoms with Crippen LogP contribution >= 0.6 is 0 Å². The van der Waals surface area contributed by atoms with E-state index in [0.717, 1.165) is 36.7 Å². The SMILES string of the molecule is CN=C(NCCN1C(=O)CNC1=O)NC1CCN(c2cc(OC)cc(OC)c2)C1. The Kier molecular flexibility index (Phi) is 6.63. The minimum absolute atomic E-state index is 0.0682. The first kappa shape index (κ1) is 20.6. The molecule has 29 heavy (non-hydrogen) atoms. The normalized spacial score (nSPS) is 19.4. The third kappa shape index (κ3) is 5.01. The summed E-state index contributed by atoms with van der Waals surface area (Å²) in [6.45, 7) is 2.50. The monoisotopic (exact) mass is 404 g/mol. The summed E-state index contributed by atoms with van der Waals surface area (Å²) in [5.41, 5.74) is 1.05. The molecule has 2 heterocycles. The van der Waals surface area contributed by atoms with Crippen molar-refractivity contribution in [3.8, 4) is 11.5 Å². The molecule has 1 aromatic rings. The van der Waals surface area contributed by atoms with E-state index >= 15 is 0 Å². The molecule has 0 bridgehead atoms. The van der Waals surface area contributed by atoms with Crippen molar-refractivity contribution in [2.45, 2.75) is 12.5 Å². The van der Waals surface area contributed by atoms with Crippen LogP contribution in [0.1, 0.15) is 6.42 Å². The van der Waals surface area contributed by atoms with E-state index in [-0.39, 0.29) is 24.5 Å². The maximum atomic E-state index is 11.6. The van der Waals surface area contributed by atoms with Gasteiger partial charge >= 0.3 is 6.03 Å². The van der Waals surface area contributed by atoms with Crippen LogP contribution in [0.3, 0.4) is 0 Å². The third-order valence-electron chi connectivity index (χ3n) is 5.02. The first-order valence-corrected chi connectivity index (χ1v) is 9.57. The Labute approximate surface area is 170 Å². The van der Waals surface area contributed by atoms with E-state index in [1.807, 2.05) is 18.2 Å². The highest BCUT2D eigenvalue weighted by Crippen LogP contribution is 2.30. The summed E-state index contributed by atoms with van der Waals surface area (Å²) in [5.74, 6) is 1.95. The summed E-state index contributed by atoms with van der Waals surface area (Å²) in [5, 5.41) is 9.07. The molecule has 0 aromatic heterocycles. The quantitative estimate of drug-likeness (QED) is 0.334. The van der Waals surface area contributed by atoms with Crippen LogP contribution in [0.2, 0.25) is 0 Å². The second-order valence-electron chi connectivity index (χ2n) is 6.85. The van der Waals surface area contributed by atoms with E-state index in [4.69, 9.17) is 9.47 Å². The lowest BCUT2D eigenvalue weighted by molar-refractivity contribution is -0.124.